The highest BCUT2D eigenvalue weighted by Gasteiger charge is 2.36. The van der Waals surface area contributed by atoms with E-state index in [0.717, 1.165) is 11.6 Å². The molecule has 0 radical (unpaired) electrons. The van der Waals surface area contributed by atoms with Crippen LogP contribution in [-0.2, 0) is 35.2 Å². The van der Waals surface area contributed by atoms with Crippen molar-refractivity contribution in [3.63, 3.8) is 0 Å². The average Bonchev–Trinajstić information content (AvgIpc) is 3.44. The molecule has 1 aromatic heterocycles. The maximum atomic E-state index is 14.0. The second-order valence-electron chi connectivity index (χ2n) is 11.3. The molecule has 3 rings (SSSR count). The predicted molar refractivity (Wildman–Crippen MR) is 171 cm³/mol. The summed E-state index contributed by atoms with van der Waals surface area (Å²) in [4.78, 5) is 19.7. The van der Waals surface area contributed by atoms with Crippen LogP contribution in [0, 0.1) is 23.2 Å². The monoisotopic (exact) mass is 642 g/mol. The molecule has 2 atom stereocenters. The first-order valence-electron chi connectivity index (χ1n) is 15.0. The summed E-state index contributed by atoms with van der Waals surface area (Å²) >= 11 is 5.68. The first-order chi connectivity index (χ1) is 21.4. The molecular weight excluding hydrogens is 601 g/mol. The zero-order valence-corrected chi connectivity index (χ0v) is 26.7. The number of hydrogen-bond donors (Lipinski definition) is 2. The Morgan fingerprint density at radius 1 is 1.20 bits per heavy atom. The maximum Gasteiger partial charge on any atom is 0.416 e. The second kappa shape index (κ2) is 17.1. The van der Waals surface area contributed by atoms with Crippen LogP contribution in [0.25, 0.3) is 0 Å². The molecule has 0 spiro atoms. The van der Waals surface area contributed by atoms with Gasteiger partial charge in [-0.2, -0.15) is 18.4 Å². The molecule has 0 saturated carbocycles. The molecule has 45 heavy (non-hydrogen) atoms. The van der Waals surface area contributed by atoms with Crippen LogP contribution in [0.1, 0.15) is 61.6 Å². The van der Waals surface area contributed by atoms with E-state index in [0.29, 0.717) is 50.4 Å². The van der Waals surface area contributed by atoms with Crippen LogP contribution in [0.4, 0.5) is 13.2 Å². The van der Waals surface area contributed by atoms with Gasteiger partial charge in [0.25, 0.3) is 0 Å². The fourth-order valence-corrected chi connectivity index (χ4v) is 5.35. The van der Waals surface area contributed by atoms with E-state index in [1.807, 2.05) is 37.5 Å². The van der Waals surface area contributed by atoms with Crippen molar-refractivity contribution in [1.82, 2.24) is 19.8 Å². The Hall–Kier alpha value is -3.79. The lowest BCUT2D eigenvalue weighted by Gasteiger charge is -2.37. The van der Waals surface area contributed by atoms with Crippen molar-refractivity contribution in [2.45, 2.75) is 65.5 Å². The number of nitrogens with zero attached hydrogens (tertiary/aromatic N) is 4. The lowest BCUT2D eigenvalue weighted by atomic mass is 9.88. The van der Waals surface area contributed by atoms with Gasteiger partial charge in [0.1, 0.15) is 5.78 Å². The summed E-state index contributed by atoms with van der Waals surface area (Å²) in [6.45, 7) is 7.55. The lowest BCUT2D eigenvalue weighted by Crippen LogP contribution is -2.55. The van der Waals surface area contributed by atoms with Crippen molar-refractivity contribution in [3.05, 3.63) is 89.0 Å². The Balaban J connectivity index is 1.88. The van der Waals surface area contributed by atoms with Gasteiger partial charge in [-0.3, -0.25) is 4.79 Å². The number of ether oxygens (including phenoxy) is 1. The number of nitrogens with one attached hydrogen (secondary N) is 1. The fourth-order valence-electron chi connectivity index (χ4n) is 5.06. The van der Waals surface area contributed by atoms with E-state index in [9.17, 15) is 18.0 Å². The van der Waals surface area contributed by atoms with Crippen LogP contribution in [0.5, 0.6) is 0 Å². The Bertz CT molecular complexity index is 1440. The van der Waals surface area contributed by atoms with Gasteiger partial charge in [0.05, 0.1) is 35.6 Å². The van der Waals surface area contributed by atoms with Crippen molar-refractivity contribution in [1.29, 1.82) is 5.26 Å². The number of carbonyl (C=O) groups is 1. The van der Waals surface area contributed by atoms with Gasteiger partial charge in [0.15, 0.2) is 5.11 Å². The lowest BCUT2D eigenvalue weighted by molar-refractivity contribution is -0.138. The summed E-state index contributed by atoms with van der Waals surface area (Å²) in [7, 11) is 0. The van der Waals surface area contributed by atoms with E-state index >= 15 is 0 Å². The van der Waals surface area contributed by atoms with E-state index in [4.69, 9.17) is 28.0 Å². The van der Waals surface area contributed by atoms with E-state index in [1.54, 1.807) is 30.7 Å². The summed E-state index contributed by atoms with van der Waals surface area (Å²) < 4.78 is 49.0. The average molecular weight is 643 g/mol. The molecule has 12 heteroatoms. The molecule has 0 aliphatic heterocycles. The largest absolute Gasteiger partial charge is 0.416 e. The molecule has 0 fully saturated rings. The third kappa shape index (κ3) is 10.7. The smallest absolute Gasteiger partial charge is 0.382 e. The summed E-state index contributed by atoms with van der Waals surface area (Å²) in [5, 5.41) is 12.4. The van der Waals surface area contributed by atoms with Crippen LogP contribution in [0.3, 0.4) is 0 Å². The summed E-state index contributed by atoms with van der Waals surface area (Å²) in [6.07, 6.45) is -1.23. The first-order valence-corrected chi connectivity index (χ1v) is 15.4. The van der Waals surface area contributed by atoms with Crippen LogP contribution in [-0.4, -0.2) is 51.3 Å². The first kappa shape index (κ1) is 35.7. The molecule has 8 nitrogen and oxygen atoms in total. The molecule has 0 aliphatic carbocycles. The third-order valence-corrected chi connectivity index (χ3v) is 7.75. The molecule has 2 aromatic carbocycles. The second-order valence-corrected chi connectivity index (χ2v) is 11.6. The van der Waals surface area contributed by atoms with E-state index < -0.39 is 23.8 Å². The minimum absolute atomic E-state index is 0.00940. The number of thiocarbonyl (C=S) groups is 1. The number of hydrogen-bond acceptors (Lipinski definition) is 6. The number of rotatable bonds is 16. The van der Waals surface area contributed by atoms with Crippen molar-refractivity contribution < 1.29 is 22.7 Å². The number of Topliss-reactive ketones (excluding diaryl/α,β-unsaturated/α-hetero) is 1. The molecule has 3 N–H and O–H groups in total. The highest BCUT2D eigenvalue weighted by Crippen LogP contribution is 2.33. The number of halogens is 3. The summed E-state index contributed by atoms with van der Waals surface area (Å²) in [5.41, 5.74) is 8.21. The van der Waals surface area contributed by atoms with Gasteiger partial charge in [-0.25, -0.2) is 4.98 Å². The SMILES string of the molecule is CCOCCCNC(=S)N(Cc1ccccc1C(F)(F)F)C(N)[C@H](CC(C)C)C(=O)Cc1cncn1Cc1ccc(C#N)cc1. The van der Waals surface area contributed by atoms with Gasteiger partial charge < -0.3 is 25.3 Å². The fraction of sp³-hybridized carbons (Fsp3) is 0.455. The number of ketones is 1. The zero-order chi connectivity index (χ0) is 33.0. The van der Waals surface area contributed by atoms with Gasteiger partial charge >= 0.3 is 6.18 Å². The Kier molecular flexibility index (Phi) is 13.5. The molecule has 1 heterocycles. The standard InChI is InChI=1S/C33H41F3N6O2S/c1-4-44-15-7-14-40-32(45)42(21-26-8-5-6-9-29(26)33(34,35)36)31(38)28(16-23(2)3)30(43)17-27-19-39-22-41(27)20-25-12-10-24(18-37)11-13-25/h5-6,8-13,19,22-23,28,31H,4,7,14-17,20-21,38H2,1-3H3,(H,40,45)/t28-,31?/m1/s1. The minimum Gasteiger partial charge on any atom is -0.382 e. The molecular formula is C33H41F3N6O2S. The molecule has 3 aromatic rings. The molecule has 242 valence electrons. The molecule has 0 bridgehead atoms. The quantitative estimate of drug-likeness (QED) is 0.117. The number of carbonyl (C=O) groups excluding carboxylic acids is 1. The topological polar surface area (TPSA) is 109 Å². The highest BCUT2D eigenvalue weighted by atomic mass is 32.1. The van der Waals surface area contributed by atoms with E-state index in [-0.39, 0.29) is 35.3 Å². The van der Waals surface area contributed by atoms with Crippen molar-refractivity contribution in [2.75, 3.05) is 19.8 Å². The molecule has 0 aliphatic rings. The minimum atomic E-state index is -4.57. The highest BCUT2D eigenvalue weighted by molar-refractivity contribution is 7.80. The number of benzene rings is 2. The van der Waals surface area contributed by atoms with Crippen LogP contribution < -0.4 is 11.1 Å². The number of imidazole rings is 1. The van der Waals surface area contributed by atoms with Crippen LogP contribution in [0.2, 0.25) is 0 Å². The third-order valence-electron chi connectivity index (χ3n) is 7.37. The number of nitriles is 1. The van der Waals surface area contributed by atoms with Gasteiger partial charge in [-0.15, -0.1) is 0 Å². The predicted octanol–water partition coefficient (Wildman–Crippen LogP) is 5.68. The van der Waals surface area contributed by atoms with Gasteiger partial charge in [0, 0.05) is 51.2 Å². The van der Waals surface area contributed by atoms with Crippen molar-refractivity contribution in [3.8, 4) is 6.07 Å². The van der Waals surface area contributed by atoms with Gasteiger partial charge in [0.2, 0.25) is 0 Å². The van der Waals surface area contributed by atoms with E-state index in [1.165, 1.54) is 17.0 Å². The number of aromatic nitrogens is 2. The molecule has 0 amide bonds. The summed E-state index contributed by atoms with van der Waals surface area (Å²) in [6, 6.07) is 14.6. The Labute approximate surface area is 268 Å². The normalized spacial score (nSPS) is 12.9. The Morgan fingerprint density at radius 2 is 1.91 bits per heavy atom. The maximum absolute atomic E-state index is 14.0. The molecule has 1 unspecified atom stereocenters. The van der Waals surface area contributed by atoms with Crippen LogP contribution in [0.15, 0.2) is 61.1 Å². The zero-order valence-electron chi connectivity index (χ0n) is 25.9. The van der Waals surface area contributed by atoms with Crippen molar-refractivity contribution in [2.24, 2.45) is 17.6 Å². The van der Waals surface area contributed by atoms with E-state index in [2.05, 4.69) is 16.4 Å². The molecule has 0 saturated heterocycles. The van der Waals surface area contributed by atoms with Gasteiger partial charge in [-0.05, 0) is 67.2 Å². The summed E-state index contributed by atoms with van der Waals surface area (Å²) in [5.74, 6) is -0.818. The Morgan fingerprint density at radius 3 is 2.56 bits per heavy atom. The van der Waals surface area contributed by atoms with Crippen molar-refractivity contribution >= 4 is 23.1 Å². The number of alkyl halides is 3. The van der Waals surface area contributed by atoms with Crippen LogP contribution >= 0.6 is 12.2 Å². The van der Waals surface area contributed by atoms with Gasteiger partial charge in [-0.1, -0.05) is 44.2 Å². The number of nitrogens with two attached hydrogens (primary N) is 1.